The third-order valence-corrected chi connectivity index (χ3v) is 8.89. The molecule has 1 saturated heterocycles. The molecule has 1 aliphatic heterocycles. The predicted molar refractivity (Wildman–Crippen MR) is 131 cm³/mol. The molecule has 5 rings (SSSR count). The van der Waals surface area contributed by atoms with E-state index >= 15 is 0 Å². The van der Waals surface area contributed by atoms with E-state index in [0.29, 0.717) is 11.6 Å². The number of amides is 1. The van der Waals surface area contributed by atoms with Crippen molar-refractivity contribution in [3.05, 3.63) is 50.8 Å². The SMILES string of the molecule is CC1(C)CCC(C)(C)c2cc(-c3csc(C4CCN(C(=O)c5csnn5)CC4)n3)ccc21. The van der Waals surface area contributed by atoms with Gasteiger partial charge in [-0.2, -0.15) is 0 Å². The van der Waals surface area contributed by atoms with Crippen molar-refractivity contribution in [1.82, 2.24) is 19.5 Å². The molecule has 3 heterocycles. The summed E-state index contributed by atoms with van der Waals surface area (Å²) in [6.07, 6.45) is 4.34. The van der Waals surface area contributed by atoms with Crippen LogP contribution in [-0.2, 0) is 10.8 Å². The van der Waals surface area contributed by atoms with E-state index in [-0.39, 0.29) is 16.7 Å². The standard InChI is InChI=1S/C25H30N4OS2/c1-24(2)9-10-25(3,4)19-13-17(5-6-18(19)24)20-14-31-22(26-20)16-7-11-29(12-8-16)23(30)21-15-32-28-27-21/h5-6,13-16H,7-12H2,1-4H3. The van der Waals surface area contributed by atoms with Gasteiger partial charge < -0.3 is 4.90 Å². The summed E-state index contributed by atoms with van der Waals surface area (Å²) in [5, 5.41) is 9.05. The zero-order valence-corrected chi connectivity index (χ0v) is 20.9. The highest BCUT2D eigenvalue weighted by Gasteiger charge is 2.37. The molecule has 168 valence electrons. The van der Waals surface area contributed by atoms with Gasteiger partial charge in [0.1, 0.15) is 0 Å². The second kappa shape index (κ2) is 8.03. The lowest BCUT2D eigenvalue weighted by molar-refractivity contribution is 0.0707. The van der Waals surface area contributed by atoms with Crippen molar-refractivity contribution in [1.29, 1.82) is 0 Å². The Kier molecular flexibility index (Phi) is 5.45. The summed E-state index contributed by atoms with van der Waals surface area (Å²) >= 11 is 2.98. The number of hydrogen-bond acceptors (Lipinski definition) is 6. The summed E-state index contributed by atoms with van der Waals surface area (Å²) in [5.74, 6) is 0.413. The van der Waals surface area contributed by atoms with Crippen LogP contribution < -0.4 is 0 Å². The van der Waals surface area contributed by atoms with E-state index < -0.39 is 0 Å². The molecule has 2 aliphatic rings. The molecule has 0 bridgehead atoms. The van der Waals surface area contributed by atoms with E-state index in [2.05, 4.69) is 60.9 Å². The van der Waals surface area contributed by atoms with Crippen LogP contribution in [-0.4, -0.2) is 38.5 Å². The lowest BCUT2D eigenvalue weighted by Gasteiger charge is -2.42. The third kappa shape index (κ3) is 3.90. The molecule has 0 radical (unpaired) electrons. The molecule has 1 amide bonds. The summed E-state index contributed by atoms with van der Waals surface area (Å²) in [5.41, 5.74) is 6.16. The summed E-state index contributed by atoms with van der Waals surface area (Å²) in [4.78, 5) is 19.5. The maximum Gasteiger partial charge on any atom is 0.275 e. The number of nitrogens with zero attached hydrogens (tertiary/aromatic N) is 4. The molecule has 1 aromatic carbocycles. The van der Waals surface area contributed by atoms with E-state index in [9.17, 15) is 4.79 Å². The summed E-state index contributed by atoms with van der Waals surface area (Å²) in [7, 11) is 0. The first-order valence-electron chi connectivity index (χ1n) is 11.4. The lowest BCUT2D eigenvalue weighted by Crippen LogP contribution is -2.38. The van der Waals surface area contributed by atoms with Crippen LogP contribution >= 0.6 is 22.9 Å². The van der Waals surface area contributed by atoms with Gasteiger partial charge in [0.25, 0.3) is 5.91 Å². The Morgan fingerprint density at radius 3 is 2.44 bits per heavy atom. The van der Waals surface area contributed by atoms with Gasteiger partial charge in [0.15, 0.2) is 5.69 Å². The van der Waals surface area contributed by atoms with Crippen molar-refractivity contribution in [3.8, 4) is 11.3 Å². The fourth-order valence-electron chi connectivity index (χ4n) is 5.11. The maximum absolute atomic E-state index is 12.5. The lowest BCUT2D eigenvalue weighted by atomic mass is 9.63. The molecule has 1 aliphatic carbocycles. The van der Waals surface area contributed by atoms with Gasteiger partial charge in [-0.3, -0.25) is 4.79 Å². The smallest absolute Gasteiger partial charge is 0.275 e. The van der Waals surface area contributed by atoms with E-state index in [1.165, 1.54) is 46.1 Å². The van der Waals surface area contributed by atoms with Crippen LogP contribution in [0.5, 0.6) is 0 Å². The van der Waals surface area contributed by atoms with Crippen molar-refractivity contribution in [2.24, 2.45) is 0 Å². The largest absolute Gasteiger partial charge is 0.337 e. The molecule has 0 N–H and O–H groups in total. The van der Waals surface area contributed by atoms with E-state index in [1.807, 2.05) is 4.90 Å². The summed E-state index contributed by atoms with van der Waals surface area (Å²) in [6, 6.07) is 6.98. The Morgan fingerprint density at radius 1 is 1.03 bits per heavy atom. The molecule has 0 saturated carbocycles. The number of hydrogen-bond donors (Lipinski definition) is 0. The number of piperidine rings is 1. The first kappa shape index (κ1) is 21.7. The second-order valence-electron chi connectivity index (χ2n) is 10.5. The Labute approximate surface area is 198 Å². The average Bonchev–Trinajstić information content (AvgIpc) is 3.49. The topological polar surface area (TPSA) is 59.0 Å². The normalized spacial score (nSPS) is 20.2. The quantitative estimate of drug-likeness (QED) is 0.473. The minimum Gasteiger partial charge on any atom is -0.337 e. The average molecular weight is 467 g/mol. The Morgan fingerprint density at radius 2 is 1.75 bits per heavy atom. The van der Waals surface area contributed by atoms with Crippen molar-refractivity contribution >= 4 is 28.8 Å². The van der Waals surface area contributed by atoms with Gasteiger partial charge in [0, 0.05) is 35.3 Å². The first-order chi connectivity index (χ1) is 15.2. The van der Waals surface area contributed by atoms with Crippen molar-refractivity contribution in [2.45, 2.75) is 70.1 Å². The van der Waals surface area contributed by atoms with Gasteiger partial charge in [0.05, 0.1) is 10.7 Å². The molecular formula is C25H30N4OS2. The fraction of sp³-hybridized carbons (Fsp3) is 0.520. The number of carbonyl (C=O) groups excluding carboxylic acids is 1. The van der Waals surface area contributed by atoms with Crippen LogP contribution in [0.1, 0.15) is 85.9 Å². The van der Waals surface area contributed by atoms with Crippen molar-refractivity contribution in [3.63, 3.8) is 0 Å². The monoisotopic (exact) mass is 466 g/mol. The molecular weight excluding hydrogens is 436 g/mol. The zero-order chi connectivity index (χ0) is 22.5. The van der Waals surface area contributed by atoms with Crippen LogP contribution in [0, 0.1) is 0 Å². The summed E-state index contributed by atoms with van der Waals surface area (Å²) in [6.45, 7) is 11.0. The number of fused-ring (bicyclic) bond motifs is 1. The molecule has 7 heteroatoms. The second-order valence-corrected chi connectivity index (χ2v) is 12.0. The molecule has 0 spiro atoms. The summed E-state index contributed by atoms with van der Waals surface area (Å²) < 4.78 is 3.81. The maximum atomic E-state index is 12.5. The van der Waals surface area contributed by atoms with Crippen LogP contribution in [0.4, 0.5) is 0 Å². The molecule has 32 heavy (non-hydrogen) atoms. The fourth-order valence-corrected chi connectivity index (χ4v) is 6.54. The highest BCUT2D eigenvalue weighted by molar-refractivity contribution is 7.10. The molecule has 0 unspecified atom stereocenters. The van der Waals surface area contributed by atoms with E-state index in [4.69, 9.17) is 4.98 Å². The molecule has 3 aromatic rings. The van der Waals surface area contributed by atoms with Crippen LogP contribution in [0.25, 0.3) is 11.3 Å². The van der Waals surface area contributed by atoms with Gasteiger partial charge in [-0.1, -0.05) is 44.3 Å². The minimum atomic E-state index is -0.00312. The molecule has 5 nitrogen and oxygen atoms in total. The van der Waals surface area contributed by atoms with Crippen LogP contribution in [0.2, 0.25) is 0 Å². The van der Waals surface area contributed by atoms with Crippen molar-refractivity contribution in [2.75, 3.05) is 13.1 Å². The first-order valence-corrected chi connectivity index (χ1v) is 13.1. The predicted octanol–water partition coefficient (Wildman–Crippen LogP) is 6.03. The minimum absolute atomic E-state index is 0.00312. The number of aromatic nitrogens is 3. The van der Waals surface area contributed by atoms with Gasteiger partial charge >= 0.3 is 0 Å². The van der Waals surface area contributed by atoms with Gasteiger partial charge in [-0.05, 0) is 65.2 Å². The highest BCUT2D eigenvalue weighted by Crippen LogP contribution is 2.47. The third-order valence-electron chi connectivity index (χ3n) is 7.38. The van der Waals surface area contributed by atoms with Crippen LogP contribution in [0.15, 0.2) is 29.0 Å². The van der Waals surface area contributed by atoms with E-state index in [0.717, 1.165) is 31.6 Å². The van der Waals surface area contributed by atoms with Crippen LogP contribution in [0.3, 0.4) is 0 Å². The number of thiazole rings is 1. The Bertz CT molecular complexity index is 1120. The number of benzene rings is 1. The number of likely N-dealkylation sites (tertiary alicyclic amines) is 1. The highest BCUT2D eigenvalue weighted by atomic mass is 32.1. The molecule has 1 fully saturated rings. The number of rotatable bonds is 3. The molecule has 0 atom stereocenters. The Balaban J connectivity index is 1.32. The Hall–Kier alpha value is -2.12. The van der Waals surface area contributed by atoms with Gasteiger partial charge in [-0.15, -0.1) is 16.4 Å². The van der Waals surface area contributed by atoms with Gasteiger partial charge in [0.2, 0.25) is 0 Å². The van der Waals surface area contributed by atoms with Gasteiger partial charge in [-0.25, -0.2) is 4.98 Å². The van der Waals surface area contributed by atoms with Crippen molar-refractivity contribution < 1.29 is 4.79 Å². The zero-order valence-electron chi connectivity index (χ0n) is 19.2. The molecule has 2 aromatic heterocycles. The number of carbonyl (C=O) groups is 1. The van der Waals surface area contributed by atoms with E-state index in [1.54, 1.807) is 16.7 Å².